The van der Waals surface area contributed by atoms with Crippen LogP contribution < -0.4 is 10.6 Å². The van der Waals surface area contributed by atoms with E-state index in [1.165, 1.54) is 0 Å². The van der Waals surface area contributed by atoms with E-state index in [4.69, 9.17) is 5.26 Å². The third-order valence-electron chi connectivity index (χ3n) is 3.54. The Hall–Kier alpha value is -2.06. The first-order valence-electron chi connectivity index (χ1n) is 6.90. The second kappa shape index (κ2) is 6.92. The van der Waals surface area contributed by atoms with Gasteiger partial charge in [0.25, 0.3) is 0 Å². The molecule has 0 spiro atoms. The summed E-state index contributed by atoms with van der Waals surface area (Å²) in [6.45, 7) is 0. The van der Waals surface area contributed by atoms with E-state index in [9.17, 15) is 9.90 Å². The van der Waals surface area contributed by atoms with Gasteiger partial charge in [-0.1, -0.05) is 25.0 Å². The zero-order valence-electron chi connectivity index (χ0n) is 11.3. The predicted molar refractivity (Wildman–Crippen MR) is 76.2 cm³/mol. The Balaban J connectivity index is 1.86. The van der Waals surface area contributed by atoms with Crippen molar-refractivity contribution in [2.75, 3.05) is 5.32 Å². The number of amides is 2. The summed E-state index contributed by atoms with van der Waals surface area (Å²) in [6, 6.07) is 8.77. The number of aliphatic hydroxyl groups is 1. The number of rotatable bonds is 3. The van der Waals surface area contributed by atoms with Gasteiger partial charge in [-0.05, 0) is 30.5 Å². The van der Waals surface area contributed by atoms with Gasteiger partial charge >= 0.3 is 6.03 Å². The number of carbonyl (C=O) groups excluding carboxylic acids is 1. The normalized spacial score (nSPS) is 21.8. The molecule has 0 bridgehead atoms. The maximum absolute atomic E-state index is 11.9. The average molecular weight is 273 g/mol. The molecule has 106 valence electrons. The molecular weight excluding hydrogens is 254 g/mol. The standard InChI is InChI=1S/C15H19N3O2/c16-10-9-11-5-7-12(8-6-11)17-15(20)18-13-3-1-2-4-14(13)19/h5-8,13-14,19H,1-4,9H2,(H2,17,18,20). The smallest absolute Gasteiger partial charge is 0.319 e. The van der Waals surface area contributed by atoms with Gasteiger partial charge in [0.15, 0.2) is 0 Å². The number of hydrogen-bond donors (Lipinski definition) is 3. The van der Waals surface area contributed by atoms with Crippen LogP contribution in [0.3, 0.4) is 0 Å². The molecule has 2 atom stereocenters. The molecule has 2 amide bonds. The molecule has 5 nitrogen and oxygen atoms in total. The van der Waals surface area contributed by atoms with Crippen molar-refractivity contribution in [3.05, 3.63) is 29.8 Å². The van der Waals surface area contributed by atoms with E-state index in [1.54, 1.807) is 12.1 Å². The van der Waals surface area contributed by atoms with Crippen LogP contribution in [0, 0.1) is 11.3 Å². The van der Waals surface area contributed by atoms with Crippen LogP contribution in [0.4, 0.5) is 10.5 Å². The monoisotopic (exact) mass is 273 g/mol. The Morgan fingerprint density at radius 1 is 1.30 bits per heavy atom. The van der Waals surface area contributed by atoms with Gasteiger partial charge in [0.05, 0.1) is 24.6 Å². The fraction of sp³-hybridized carbons (Fsp3) is 0.467. The minimum Gasteiger partial charge on any atom is -0.391 e. The number of carbonyl (C=O) groups is 1. The predicted octanol–water partition coefficient (Wildman–Crippen LogP) is 2.18. The molecule has 5 heteroatoms. The quantitative estimate of drug-likeness (QED) is 0.789. The maximum atomic E-state index is 11.9. The molecule has 0 saturated heterocycles. The van der Waals surface area contributed by atoms with Crippen molar-refractivity contribution < 1.29 is 9.90 Å². The number of benzene rings is 1. The summed E-state index contributed by atoms with van der Waals surface area (Å²) in [5.41, 5.74) is 1.59. The molecule has 0 aliphatic heterocycles. The second-order valence-corrected chi connectivity index (χ2v) is 5.09. The number of nitrogens with zero attached hydrogens (tertiary/aromatic N) is 1. The number of hydrogen-bond acceptors (Lipinski definition) is 3. The van der Waals surface area contributed by atoms with Crippen LogP contribution in [0.15, 0.2) is 24.3 Å². The molecule has 1 aromatic carbocycles. The van der Waals surface area contributed by atoms with Crippen molar-refractivity contribution in [2.45, 2.75) is 44.2 Å². The first kappa shape index (κ1) is 14.4. The Morgan fingerprint density at radius 3 is 2.65 bits per heavy atom. The summed E-state index contributed by atoms with van der Waals surface area (Å²) in [7, 11) is 0. The van der Waals surface area contributed by atoms with E-state index in [-0.39, 0.29) is 12.1 Å². The van der Waals surface area contributed by atoms with Crippen LogP contribution in [0.25, 0.3) is 0 Å². The van der Waals surface area contributed by atoms with E-state index in [1.807, 2.05) is 12.1 Å². The first-order valence-corrected chi connectivity index (χ1v) is 6.90. The SMILES string of the molecule is N#CCc1ccc(NC(=O)NC2CCCCC2O)cc1. The van der Waals surface area contributed by atoms with E-state index >= 15 is 0 Å². The minimum atomic E-state index is -0.451. The van der Waals surface area contributed by atoms with Crippen LogP contribution in [0.2, 0.25) is 0 Å². The van der Waals surface area contributed by atoms with Crippen molar-refractivity contribution in [1.82, 2.24) is 5.32 Å². The summed E-state index contributed by atoms with van der Waals surface area (Å²) in [6.07, 6.45) is 3.52. The third-order valence-corrected chi connectivity index (χ3v) is 3.54. The lowest BCUT2D eigenvalue weighted by Gasteiger charge is -2.28. The summed E-state index contributed by atoms with van der Waals surface area (Å²) in [5, 5.41) is 23.9. The van der Waals surface area contributed by atoms with Gasteiger partial charge in [-0.25, -0.2) is 4.79 Å². The van der Waals surface area contributed by atoms with Crippen molar-refractivity contribution in [2.24, 2.45) is 0 Å². The summed E-state index contributed by atoms with van der Waals surface area (Å²) in [5.74, 6) is 0. The summed E-state index contributed by atoms with van der Waals surface area (Å²) < 4.78 is 0. The molecule has 1 aliphatic carbocycles. The van der Waals surface area contributed by atoms with Crippen molar-refractivity contribution >= 4 is 11.7 Å². The van der Waals surface area contributed by atoms with Crippen LogP contribution in [0.1, 0.15) is 31.2 Å². The molecule has 3 N–H and O–H groups in total. The van der Waals surface area contributed by atoms with Gasteiger partial charge in [0, 0.05) is 5.69 Å². The molecule has 0 radical (unpaired) electrons. The largest absolute Gasteiger partial charge is 0.391 e. The lowest BCUT2D eigenvalue weighted by Crippen LogP contribution is -2.46. The first-order chi connectivity index (χ1) is 9.69. The fourth-order valence-electron chi connectivity index (χ4n) is 2.41. The molecular formula is C15H19N3O2. The van der Waals surface area contributed by atoms with Gasteiger partial charge in [0.1, 0.15) is 0 Å². The zero-order chi connectivity index (χ0) is 14.4. The van der Waals surface area contributed by atoms with Crippen molar-refractivity contribution in [3.8, 4) is 6.07 Å². The van der Waals surface area contributed by atoms with Gasteiger partial charge in [-0.2, -0.15) is 5.26 Å². The van der Waals surface area contributed by atoms with Crippen LogP contribution >= 0.6 is 0 Å². The van der Waals surface area contributed by atoms with Crippen molar-refractivity contribution in [1.29, 1.82) is 5.26 Å². The zero-order valence-corrected chi connectivity index (χ0v) is 11.3. The fourth-order valence-corrected chi connectivity index (χ4v) is 2.41. The molecule has 1 fully saturated rings. The lowest BCUT2D eigenvalue weighted by molar-refractivity contribution is 0.0955. The molecule has 0 aromatic heterocycles. The molecule has 1 aliphatic rings. The third kappa shape index (κ3) is 3.97. The molecule has 20 heavy (non-hydrogen) atoms. The van der Waals surface area contributed by atoms with E-state index in [2.05, 4.69) is 16.7 Å². The van der Waals surface area contributed by atoms with E-state index in [0.717, 1.165) is 31.2 Å². The Bertz CT molecular complexity index is 493. The molecule has 2 unspecified atom stereocenters. The lowest BCUT2D eigenvalue weighted by atomic mass is 9.93. The average Bonchev–Trinajstić information content (AvgIpc) is 2.44. The number of nitriles is 1. The van der Waals surface area contributed by atoms with E-state index < -0.39 is 6.10 Å². The van der Waals surface area contributed by atoms with Crippen LogP contribution in [0.5, 0.6) is 0 Å². The van der Waals surface area contributed by atoms with Gasteiger partial charge in [-0.3, -0.25) is 0 Å². The van der Waals surface area contributed by atoms with Crippen LogP contribution in [-0.2, 0) is 6.42 Å². The van der Waals surface area contributed by atoms with Crippen molar-refractivity contribution in [3.63, 3.8) is 0 Å². The molecule has 2 rings (SSSR count). The molecule has 1 aromatic rings. The molecule has 0 heterocycles. The van der Waals surface area contributed by atoms with Gasteiger partial charge < -0.3 is 15.7 Å². The Kier molecular flexibility index (Phi) is 4.97. The summed E-state index contributed by atoms with van der Waals surface area (Å²) >= 11 is 0. The number of nitrogens with one attached hydrogen (secondary N) is 2. The number of anilines is 1. The summed E-state index contributed by atoms with van der Waals surface area (Å²) in [4.78, 5) is 11.9. The number of urea groups is 1. The highest BCUT2D eigenvalue weighted by molar-refractivity contribution is 5.89. The highest BCUT2D eigenvalue weighted by Gasteiger charge is 2.24. The molecule has 1 saturated carbocycles. The highest BCUT2D eigenvalue weighted by atomic mass is 16.3. The highest BCUT2D eigenvalue weighted by Crippen LogP contribution is 2.18. The minimum absolute atomic E-state index is 0.165. The Morgan fingerprint density at radius 2 is 2.00 bits per heavy atom. The van der Waals surface area contributed by atoms with Gasteiger partial charge in [0.2, 0.25) is 0 Å². The van der Waals surface area contributed by atoms with Crippen LogP contribution in [-0.4, -0.2) is 23.3 Å². The number of aliphatic hydroxyl groups excluding tert-OH is 1. The maximum Gasteiger partial charge on any atom is 0.319 e. The van der Waals surface area contributed by atoms with E-state index in [0.29, 0.717) is 12.1 Å². The Labute approximate surface area is 118 Å². The topological polar surface area (TPSA) is 85.2 Å². The second-order valence-electron chi connectivity index (χ2n) is 5.09. The van der Waals surface area contributed by atoms with Gasteiger partial charge in [-0.15, -0.1) is 0 Å².